The maximum absolute atomic E-state index is 10.9. The van der Waals surface area contributed by atoms with Crippen molar-refractivity contribution in [2.75, 3.05) is 7.11 Å². The number of ether oxygens (including phenoxy) is 3. The van der Waals surface area contributed by atoms with Gasteiger partial charge in [0.15, 0.2) is 0 Å². The van der Waals surface area contributed by atoms with Gasteiger partial charge in [-0.1, -0.05) is 25.3 Å². The molecule has 0 unspecified atom stereocenters. The third kappa shape index (κ3) is 11.8. The van der Waals surface area contributed by atoms with E-state index in [2.05, 4.69) is 22.6 Å². The molecule has 0 saturated carbocycles. The van der Waals surface area contributed by atoms with Gasteiger partial charge in [0.1, 0.15) is 5.75 Å². The van der Waals surface area contributed by atoms with Crippen molar-refractivity contribution in [2.45, 2.75) is 12.8 Å². The highest BCUT2D eigenvalue weighted by Crippen LogP contribution is 2.12. The third-order valence-electron chi connectivity index (χ3n) is 2.48. The van der Waals surface area contributed by atoms with E-state index in [4.69, 9.17) is 9.84 Å². The van der Waals surface area contributed by atoms with Crippen LogP contribution >= 0.6 is 0 Å². The highest BCUT2D eigenvalue weighted by molar-refractivity contribution is 5.87. The quantitative estimate of drug-likeness (QED) is 0.438. The van der Waals surface area contributed by atoms with E-state index in [0.29, 0.717) is 0 Å². The molecule has 25 heavy (non-hydrogen) atoms. The first-order chi connectivity index (χ1) is 11.9. The fraction of sp³-hybridized carbons (Fsp3) is 0.167. The second-order valence-corrected chi connectivity index (χ2v) is 4.26. The summed E-state index contributed by atoms with van der Waals surface area (Å²) in [6.07, 6.45) is 4.76. The van der Waals surface area contributed by atoms with Gasteiger partial charge >= 0.3 is 17.9 Å². The van der Waals surface area contributed by atoms with E-state index in [1.807, 2.05) is 24.3 Å². The third-order valence-corrected chi connectivity index (χ3v) is 2.48. The molecule has 0 radical (unpaired) electrons. The summed E-state index contributed by atoms with van der Waals surface area (Å²) < 4.78 is 13.8. The van der Waals surface area contributed by atoms with Crippen LogP contribution < -0.4 is 4.74 Å². The van der Waals surface area contributed by atoms with Crippen molar-refractivity contribution in [3.05, 3.63) is 61.6 Å². The molecule has 0 atom stereocenters. The monoisotopic (exact) mass is 348 g/mol. The number of carboxylic acid groups (broad SMARTS) is 1. The van der Waals surface area contributed by atoms with Gasteiger partial charge in [0.05, 0.1) is 32.5 Å². The molecular formula is C18H20O7. The molecule has 0 amide bonds. The van der Waals surface area contributed by atoms with Gasteiger partial charge in [-0.15, -0.1) is 0 Å². The predicted molar refractivity (Wildman–Crippen MR) is 91.5 cm³/mol. The largest absolute Gasteiger partial charge is 0.497 e. The van der Waals surface area contributed by atoms with Gasteiger partial charge in [0, 0.05) is 6.08 Å². The average Bonchev–Trinajstić information content (AvgIpc) is 2.60. The molecule has 0 aliphatic heterocycles. The lowest BCUT2D eigenvalue weighted by Gasteiger charge is -1.98. The number of methoxy groups -OCH3 is 1. The second-order valence-electron chi connectivity index (χ2n) is 4.26. The molecule has 1 aromatic carbocycles. The van der Waals surface area contributed by atoms with Crippen LogP contribution in [-0.4, -0.2) is 30.1 Å². The zero-order valence-corrected chi connectivity index (χ0v) is 13.8. The van der Waals surface area contributed by atoms with Crippen molar-refractivity contribution in [1.82, 2.24) is 0 Å². The van der Waals surface area contributed by atoms with Crippen molar-refractivity contribution < 1.29 is 33.7 Å². The molecule has 0 fully saturated rings. The number of esters is 2. The summed E-state index contributed by atoms with van der Waals surface area (Å²) in [7, 11) is 1.60. The lowest BCUT2D eigenvalue weighted by atomic mass is 10.2. The van der Waals surface area contributed by atoms with Gasteiger partial charge in [-0.2, -0.15) is 0 Å². The number of benzene rings is 1. The highest BCUT2D eigenvalue weighted by atomic mass is 16.5. The van der Waals surface area contributed by atoms with Crippen molar-refractivity contribution in [3.63, 3.8) is 0 Å². The van der Waals surface area contributed by atoms with Gasteiger partial charge in [-0.25, -0.2) is 4.79 Å². The first-order valence-corrected chi connectivity index (χ1v) is 7.08. The van der Waals surface area contributed by atoms with Crippen molar-refractivity contribution >= 4 is 24.0 Å². The van der Waals surface area contributed by atoms with Crippen LogP contribution in [0.1, 0.15) is 18.4 Å². The lowest BCUT2D eigenvalue weighted by Crippen LogP contribution is -2.03. The fourth-order valence-corrected chi connectivity index (χ4v) is 1.36. The van der Waals surface area contributed by atoms with Crippen molar-refractivity contribution in [1.29, 1.82) is 0 Å². The molecule has 1 rings (SSSR count). The zero-order chi connectivity index (χ0) is 19.1. The smallest absolute Gasteiger partial charge is 0.335 e. The number of carbonyl (C=O) groups is 3. The molecule has 1 aromatic rings. The Balaban J connectivity index is 0.000000504. The topological polar surface area (TPSA) is 99.1 Å². The average molecular weight is 348 g/mol. The minimum Gasteiger partial charge on any atom is -0.497 e. The van der Waals surface area contributed by atoms with E-state index in [0.717, 1.165) is 23.8 Å². The SMILES string of the molecule is C=COC(=O)C=Cc1ccc(OC)cc1.C=COC(=O)CCC(=O)O. The van der Waals surface area contributed by atoms with Gasteiger partial charge in [-0.3, -0.25) is 9.59 Å². The van der Waals surface area contributed by atoms with Crippen molar-refractivity contribution in [3.8, 4) is 5.75 Å². The van der Waals surface area contributed by atoms with E-state index in [9.17, 15) is 14.4 Å². The molecule has 7 nitrogen and oxygen atoms in total. The summed E-state index contributed by atoms with van der Waals surface area (Å²) in [5, 5.41) is 8.10. The number of carbonyl (C=O) groups excluding carboxylic acids is 2. The Bertz CT molecular complexity index is 615. The highest BCUT2D eigenvalue weighted by Gasteiger charge is 2.03. The predicted octanol–water partition coefficient (Wildman–Crippen LogP) is 2.93. The molecule has 0 aliphatic rings. The van der Waals surface area contributed by atoms with Gasteiger partial charge in [0.25, 0.3) is 0 Å². The maximum Gasteiger partial charge on any atom is 0.335 e. The minimum atomic E-state index is -1.01. The van der Waals surface area contributed by atoms with Gasteiger partial charge in [0.2, 0.25) is 0 Å². The lowest BCUT2D eigenvalue weighted by molar-refractivity contribution is -0.144. The molecule has 0 aromatic heterocycles. The number of rotatable bonds is 8. The number of hydrogen-bond donors (Lipinski definition) is 1. The molecule has 7 heteroatoms. The molecule has 134 valence electrons. The molecule has 0 heterocycles. The molecule has 0 aliphatic carbocycles. The van der Waals surface area contributed by atoms with Crippen molar-refractivity contribution in [2.24, 2.45) is 0 Å². The van der Waals surface area contributed by atoms with Gasteiger partial charge < -0.3 is 19.3 Å². The Morgan fingerprint density at radius 1 is 1.04 bits per heavy atom. The van der Waals surface area contributed by atoms with Crippen LogP contribution in [0, 0.1) is 0 Å². The molecule has 0 saturated heterocycles. The van der Waals surface area contributed by atoms with Crippen LogP contribution in [0.15, 0.2) is 56.0 Å². The zero-order valence-electron chi connectivity index (χ0n) is 13.8. The molecular weight excluding hydrogens is 328 g/mol. The van der Waals surface area contributed by atoms with Crippen LogP contribution in [-0.2, 0) is 23.9 Å². The van der Waals surface area contributed by atoms with Crippen LogP contribution in [0.3, 0.4) is 0 Å². The minimum absolute atomic E-state index is 0.110. The van der Waals surface area contributed by atoms with Crippen LogP contribution in [0.4, 0.5) is 0 Å². The van der Waals surface area contributed by atoms with E-state index in [1.165, 1.54) is 6.08 Å². The Morgan fingerprint density at radius 3 is 2.12 bits per heavy atom. The number of carboxylic acids is 1. The number of aliphatic carboxylic acids is 1. The fourth-order valence-electron chi connectivity index (χ4n) is 1.36. The summed E-state index contributed by atoms with van der Waals surface area (Å²) in [4.78, 5) is 31.2. The van der Waals surface area contributed by atoms with Crippen LogP contribution in [0.2, 0.25) is 0 Å². The summed E-state index contributed by atoms with van der Waals surface area (Å²) >= 11 is 0. The first-order valence-electron chi connectivity index (χ1n) is 7.08. The molecule has 0 bridgehead atoms. The van der Waals surface area contributed by atoms with E-state index in [1.54, 1.807) is 13.2 Å². The van der Waals surface area contributed by atoms with E-state index >= 15 is 0 Å². The van der Waals surface area contributed by atoms with Gasteiger partial charge in [-0.05, 0) is 23.8 Å². The Hall–Kier alpha value is -3.35. The second kappa shape index (κ2) is 13.1. The molecule has 1 N–H and O–H groups in total. The summed E-state index contributed by atoms with van der Waals surface area (Å²) in [6, 6.07) is 7.32. The summed E-state index contributed by atoms with van der Waals surface area (Å²) in [6.45, 7) is 6.42. The molecule has 0 spiro atoms. The Kier molecular flexibility index (Phi) is 11.4. The van der Waals surface area contributed by atoms with E-state index in [-0.39, 0.29) is 12.8 Å². The van der Waals surface area contributed by atoms with E-state index < -0.39 is 17.9 Å². The first kappa shape index (κ1) is 21.6. The van der Waals surface area contributed by atoms with Crippen LogP contribution in [0.25, 0.3) is 6.08 Å². The number of hydrogen-bond acceptors (Lipinski definition) is 6. The Labute approximate surface area is 145 Å². The summed E-state index contributed by atoms with van der Waals surface area (Å²) in [5.41, 5.74) is 0.900. The standard InChI is InChI=1S/C12H12O3.C6H8O4/c1-3-15-12(13)9-6-10-4-7-11(14-2)8-5-10;1-2-10-6(9)4-3-5(7)8/h3-9H,1H2,2H3;2H,1,3-4H2,(H,7,8). The maximum atomic E-state index is 10.9. The van der Waals surface area contributed by atoms with Crippen LogP contribution in [0.5, 0.6) is 5.75 Å². The summed E-state index contributed by atoms with van der Waals surface area (Å²) in [5.74, 6) is -1.25. The Morgan fingerprint density at radius 2 is 1.64 bits per heavy atom. The normalized spacial score (nSPS) is 9.32.